The van der Waals surface area contributed by atoms with E-state index in [-0.39, 0.29) is 0 Å². The van der Waals surface area contributed by atoms with Gasteiger partial charge in [0.1, 0.15) is 13.2 Å². The molecule has 1 heterocycles. The minimum absolute atomic E-state index is 0.327. The zero-order chi connectivity index (χ0) is 11.5. The summed E-state index contributed by atoms with van der Waals surface area (Å²) in [5, 5.41) is 0. The smallest absolute Gasteiger partial charge is 0.338 e. The fourth-order valence-corrected chi connectivity index (χ4v) is 1.51. The molecule has 2 rings (SSSR count). The van der Waals surface area contributed by atoms with Crippen molar-refractivity contribution in [3.05, 3.63) is 17.7 Å². The van der Waals surface area contributed by atoms with Crippen LogP contribution in [0.2, 0.25) is 0 Å². The molecule has 5 nitrogen and oxygen atoms in total. The number of carbonyl (C=O) groups excluding carboxylic acids is 1. The van der Waals surface area contributed by atoms with E-state index in [0.29, 0.717) is 42.6 Å². The Hall–Kier alpha value is -1.91. The molecule has 1 aliphatic heterocycles. The van der Waals surface area contributed by atoms with Crippen LogP contribution in [0, 0.1) is 0 Å². The molecule has 0 saturated heterocycles. The largest absolute Gasteiger partial charge is 0.486 e. The van der Waals surface area contributed by atoms with Crippen molar-refractivity contribution in [2.45, 2.75) is 6.92 Å². The molecule has 0 spiro atoms. The molecule has 2 N–H and O–H groups in total. The molecule has 0 bridgehead atoms. The molecule has 0 saturated carbocycles. The van der Waals surface area contributed by atoms with Crippen molar-refractivity contribution in [2.75, 3.05) is 25.6 Å². The number of anilines is 1. The molecule has 1 aromatic carbocycles. The van der Waals surface area contributed by atoms with Gasteiger partial charge in [-0.25, -0.2) is 4.79 Å². The van der Waals surface area contributed by atoms with Gasteiger partial charge in [-0.15, -0.1) is 0 Å². The number of nitrogen functional groups attached to an aromatic ring is 1. The van der Waals surface area contributed by atoms with E-state index in [1.807, 2.05) is 0 Å². The van der Waals surface area contributed by atoms with Crippen LogP contribution in [0.25, 0.3) is 0 Å². The molecular weight excluding hydrogens is 210 g/mol. The lowest BCUT2D eigenvalue weighted by Crippen LogP contribution is -2.17. The number of hydrogen-bond acceptors (Lipinski definition) is 5. The molecule has 0 unspecified atom stereocenters. The predicted molar refractivity (Wildman–Crippen MR) is 57.8 cm³/mol. The number of benzene rings is 1. The molecule has 16 heavy (non-hydrogen) atoms. The topological polar surface area (TPSA) is 70.8 Å². The van der Waals surface area contributed by atoms with Gasteiger partial charge in [-0.05, 0) is 19.1 Å². The van der Waals surface area contributed by atoms with Crippen molar-refractivity contribution in [2.24, 2.45) is 0 Å². The number of nitrogens with two attached hydrogens (primary N) is 1. The Morgan fingerprint density at radius 2 is 2.19 bits per heavy atom. The van der Waals surface area contributed by atoms with E-state index in [1.165, 1.54) is 6.07 Å². The summed E-state index contributed by atoms with van der Waals surface area (Å²) in [7, 11) is 0. The molecule has 1 aliphatic rings. The molecule has 86 valence electrons. The van der Waals surface area contributed by atoms with Gasteiger partial charge in [-0.1, -0.05) is 0 Å². The van der Waals surface area contributed by atoms with Gasteiger partial charge in [0.25, 0.3) is 0 Å². The van der Waals surface area contributed by atoms with Crippen LogP contribution in [0.1, 0.15) is 17.3 Å². The first-order valence-corrected chi connectivity index (χ1v) is 5.08. The molecule has 0 aromatic heterocycles. The first-order chi connectivity index (χ1) is 7.72. The Morgan fingerprint density at radius 3 is 2.94 bits per heavy atom. The van der Waals surface area contributed by atoms with Gasteiger partial charge in [0.05, 0.1) is 17.9 Å². The highest BCUT2D eigenvalue weighted by molar-refractivity contribution is 5.92. The Morgan fingerprint density at radius 1 is 1.44 bits per heavy atom. The predicted octanol–water partition coefficient (Wildman–Crippen LogP) is 1.22. The normalized spacial score (nSPS) is 13.3. The summed E-state index contributed by atoms with van der Waals surface area (Å²) in [6, 6.07) is 3.12. The van der Waals surface area contributed by atoms with E-state index >= 15 is 0 Å². The van der Waals surface area contributed by atoms with Crippen LogP contribution in [0.3, 0.4) is 0 Å². The monoisotopic (exact) mass is 223 g/mol. The van der Waals surface area contributed by atoms with Gasteiger partial charge in [-0.3, -0.25) is 0 Å². The lowest BCUT2D eigenvalue weighted by atomic mass is 10.1. The Kier molecular flexibility index (Phi) is 2.85. The van der Waals surface area contributed by atoms with E-state index < -0.39 is 5.97 Å². The van der Waals surface area contributed by atoms with Crippen LogP contribution in [-0.2, 0) is 4.74 Å². The van der Waals surface area contributed by atoms with Gasteiger partial charge >= 0.3 is 5.97 Å². The average molecular weight is 223 g/mol. The molecule has 0 atom stereocenters. The molecule has 1 aromatic rings. The number of carbonyl (C=O) groups is 1. The number of hydrogen-bond donors (Lipinski definition) is 1. The van der Waals surface area contributed by atoms with Crippen LogP contribution >= 0.6 is 0 Å². The van der Waals surface area contributed by atoms with Crippen LogP contribution in [0.15, 0.2) is 12.1 Å². The highest BCUT2D eigenvalue weighted by Crippen LogP contribution is 2.37. The summed E-state index contributed by atoms with van der Waals surface area (Å²) in [5.74, 6) is 0.583. The van der Waals surface area contributed by atoms with Gasteiger partial charge < -0.3 is 19.9 Å². The maximum absolute atomic E-state index is 11.5. The zero-order valence-electron chi connectivity index (χ0n) is 8.99. The van der Waals surface area contributed by atoms with Crippen molar-refractivity contribution in [1.29, 1.82) is 0 Å². The quantitative estimate of drug-likeness (QED) is 0.603. The second kappa shape index (κ2) is 4.30. The maximum atomic E-state index is 11.5. The Bertz CT molecular complexity index is 417. The minimum Gasteiger partial charge on any atom is -0.486 e. The second-order valence-electron chi connectivity index (χ2n) is 3.31. The highest BCUT2D eigenvalue weighted by atomic mass is 16.6. The number of fused-ring (bicyclic) bond motifs is 1. The highest BCUT2D eigenvalue weighted by Gasteiger charge is 2.19. The summed E-state index contributed by atoms with van der Waals surface area (Å²) in [6.45, 7) is 3.00. The first-order valence-electron chi connectivity index (χ1n) is 5.08. The maximum Gasteiger partial charge on any atom is 0.338 e. The molecule has 0 fully saturated rings. The minimum atomic E-state index is -0.411. The zero-order valence-corrected chi connectivity index (χ0v) is 8.99. The molecule has 0 amide bonds. The summed E-state index contributed by atoms with van der Waals surface area (Å²) in [6.07, 6.45) is 0. The molecule has 0 radical (unpaired) electrons. The summed E-state index contributed by atoms with van der Waals surface area (Å²) in [5.41, 5.74) is 6.53. The first kappa shape index (κ1) is 10.6. The number of esters is 1. The third-order valence-corrected chi connectivity index (χ3v) is 2.18. The standard InChI is InChI=1S/C11H13NO4/c1-2-14-11(13)7-5-8(12)10-9(6-7)15-3-4-16-10/h5-6H,2-4,12H2,1H3. The van der Waals surface area contributed by atoms with Crippen molar-refractivity contribution >= 4 is 11.7 Å². The van der Waals surface area contributed by atoms with E-state index in [1.54, 1.807) is 13.0 Å². The van der Waals surface area contributed by atoms with Gasteiger partial charge in [0, 0.05) is 0 Å². The summed E-state index contributed by atoms with van der Waals surface area (Å²) < 4.78 is 15.6. The van der Waals surface area contributed by atoms with Gasteiger partial charge in [-0.2, -0.15) is 0 Å². The van der Waals surface area contributed by atoms with Gasteiger partial charge in [0.2, 0.25) is 0 Å². The van der Waals surface area contributed by atoms with Crippen LogP contribution in [0.4, 0.5) is 5.69 Å². The number of rotatable bonds is 2. The van der Waals surface area contributed by atoms with Crippen molar-refractivity contribution in [3.63, 3.8) is 0 Å². The molecular formula is C11H13NO4. The fourth-order valence-electron chi connectivity index (χ4n) is 1.51. The van der Waals surface area contributed by atoms with E-state index in [4.69, 9.17) is 19.9 Å². The van der Waals surface area contributed by atoms with E-state index in [9.17, 15) is 4.79 Å². The van der Waals surface area contributed by atoms with Crippen LogP contribution in [-0.4, -0.2) is 25.8 Å². The van der Waals surface area contributed by atoms with Crippen molar-refractivity contribution < 1.29 is 19.0 Å². The third-order valence-electron chi connectivity index (χ3n) is 2.18. The molecule has 5 heteroatoms. The lowest BCUT2D eigenvalue weighted by molar-refractivity contribution is 0.0525. The number of ether oxygens (including phenoxy) is 3. The third kappa shape index (κ3) is 1.88. The lowest BCUT2D eigenvalue weighted by Gasteiger charge is -2.20. The van der Waals surface area contributed by atoms with E-state index in [2.05, 4.69) is 0 Å². The van der Waals surface area contributed by atoms with Crippen LogP contribution < -0.4 is 15.2 Å². The fraction of sp³-hybridized carbons (Fsp3) is 0.364. The average Bonchev–Trinajstić information content (AvgIpc) is 2.29. The van der Waals surface area contributed by atoms with E-state index in [0.717, 1.165) is 0 Å². The molecule has 0 aliphatic carbocycles. The SMILES string of the molecule is CCOC(=O)c1cc(N)c2c(c1)OCCO2. The Labute approximate surface area is 93.1 Å². The van der Waals surface area contributed by atoms with Crippen molar-refractivity contribution in [3.8, 4) is 11.5 Å². The Balaban J connectivity index is 2.35. The van der Waals surface area contributed by atoms with Crippen LogP contribution in [0.5, 0.6) is 11.5 Å². The second-order valence-corrected chi connectivity index (χ2v) is 3.31. The van der Waals surface area contributed by atoms with Gasteiger partial charge in [0.15, 0.2) is 11.5 Å². The summed E-state index contributed by atoms with van der Waals surface area (Å²) >= 11 is 0. The summed E-state index contributed by atoms with van der Waals surface area (Å²) in [4.78, 5) is 11.5. The van der Waals surface area contributed by atoms with Crippen molar-refractivity contribution in [1.82, 2.24) is 0 Å².